The van der Waals surface area contributed by atoms with E-state index in [4.69, 9.17) is 15.8 Å². The minimum Gasteiger partial charge on any atom is -0.377 e. The molecule has 1 aliphatic heterocycles. The predicted molar refractivity (Wildman–Crippen MR) is 107 cm³/mol. The van der Waals surface area contributed by atoms with E-state index in [2.05, 4.69) is 5.32 Å². The van der Waals surface area contributed by atoms with Crippen LogP contribution in [0.5, 0.6) is 5.75 Å². The molecule has 7 heteroatoms. The van der Waals surface area contributed by atoms with E-state index in [1.165, 1.54) is 18.2 Å². The van der Waals surface area contributed by atoms with E-state index in [0.717, 1.165) is 16.7 Å². The lowest BCUT2D eigenvalue weighted by atomic mass is 10.0. The first-order valence-electron chi connectivity index (χ1n) is 8.65. The van der Waals surface area contributed by atoms with Crippen molar-refractivity contribution in [3.63, 3.8) is 0 Å². The van der Waals surface area contributed by atoms with Crippen molar-refractivity contribution in [3.05, 3.63) is 82.9 Å². The van der Waals surface area contributed by atoms with Crippen LogP contribution in [0.25, 0.3) is 11.1 Å². The minimum atomic E-state index is -4.13. The summed E-state index contributed by atoms with van der Waals surface area (Å²) in [7, 11) is -4.13. The van der Waals surface area contributed by atoms with Crippen LogP contribution < -0.4 is 9.50 Å². The summed E-state index contributed by atoms with van der Waals surface area (Å²) in [6.07, 6.45) is 0.662. The molecule has 0 bridgehead atoms. The second-order valence-electron chi connectivity index (χ2n) is 6.37. The summed E-state index contributed by atoms with van der Waals surface area (Å²) >= 11 is 6.26. The lowest BCUT2D eigenvalue weighted by Gasteiger charge is -2.17. The van der Waals surface area contributed by atoms with E-state index in [-0.39, 0.29) is 21.6 Å². The van der Waals surface area contributed by atoms with Gasteiger partial charge in [0, 0.05) is 12.1 Å². The van der Waals surface area contributed by atoms with Crippen LogP contribution in [-0.2, 0) is 16.5 Å². The molecule has 28 heavy (non-hydrogen) atoms. The van der Waals surface area contributed by atoms with E-state index in [1.807, 2.05) is 30.3 Å². The van der Waals surface area contributed by atoms with Gasteiger partial charge in [0.15, 0.2) is 5.75 Å². The van der Waals surface area contributed by atoms with Crippen LogP contribution >= 0.6 is 11.6 Å². The fraction of sp³-hybridized carbons (Fsp3) is 0.0952. The topological polar surface area (TPSA) is 72.5 Å². The second kappa shape index (κ2) is 7.30. The Morgan fingerprint density at radius 2 is 1.71 bits per heavy atom. The van der Waals surface area contributed by atoms with Crippen molar-refractivity contribution in [2.45, 2.75) is 11.3 Å². The molecule has 3 aromatic carbocycles. The third kappa shape index (κ3) is 3.61. The molecule has 5 nitrogen and oxygen atoms in total. The zero-order chi connectivity index (χ0) is 19.7. The van der Waals surface area contributed by atoms with Gasteiger partial charge >= 0.3 is 10.1 Å². The SMILES string of the molecule is O=C1NCCc2ccc(S(=O)(=O)Oc3ccc(-c4ccccc4)cc3Cl)cc21. The third-order valence-corrected chi connectivity index (χ3v) is 6.06. The normalized spacial score (nSPS) is 13.5. The molecule has 1 heterocycles. The molecule has 0 spiro atoms. The molecule has 1 aliphatic rings. The van der Waals surface area contributed by atoms with Gasteiger partial charge in [-0.25, -0.2) is 0 Å². The maximum absolute atomic E-state index is 12.7. The summed E-state index contributed by atoms with van der Waals surface area (Å²) in [5.74, 6) is -0.257. The van der Waals surface area contributed by atoms with Gasteiger partial charge in [-0.1, -0.05) is 54.1 Å². The van der Waals surface area contributed by atoms with Gasteiger partial charge in [-0.3, -0.25) is 4.79 Å². The summed E-state index contributed by atoms with van der Waals surface area (Å²) in [6, 6.07) is 18.9. The highest BCUT2D eigenvalue weighted by Gasteiger charge is 2.23. The van der Waals surface area contributed by atoms with Gasteiger partial charge in [-0.15, -0.1) is 0 Å². The van der Waals surface area contributed by atoms with Gasteiger partial charge < -0.3 is 9.50 Å². The van der Waals surface area contributed by atoms with Crippen LogP contribution in [0.15, 0.2) is 71.6 Å². The highest BCUT2D eigenvalue weighted by Crippen LogP contribution is 2.32. The number of rotatable bonds is 4. The van der Waals surface area contributed by atoms with Gasteiger partial charge in [-0.2, -0.15) is 8.42 Å². The molecule has 0 aromatic heterocycles. The molecular weight excluding hydrogens is 398 g/mol. The molecule has 0 unspecified atom stereocenters. The van der Waals surface area contributed by atoms with E-state index < -0.39 is 10.1 Å². The smallest absolute Gasteiger partial charge is 0.339 e. The predicted octanol–water partition coefficient (Wildman–Crippen LogP) is 4.06. The molecular formula is C21H16ClNO4S. The van der Waals surface area contributed by atoms with Crippen molar-refractivity contribution in [1.82, 2.24) is 5.32 Å². The summed E-state index contributed by atoms with van der Waals surface area (Å²) < 4.78 is 30.6. The number of benzene rings is 3. The van der Waals surface area contributed by atoms with Crippen LogP contribution in [-0.4, -0.2) is 20.9 Å². The number of fused-ring (bicyclic) bond motifs is 1. The average molecular weight is 414 g/mol. The van der Waals surface area contributed by atoms with Gasteiger partial charge in [0.1, 0.15) is 4.90 Å². The number of hydrogen-bond donors (Lipinski definition) is 1. The number of amides is 1. The van der Waals surface area contributed by atoms with Crippen molar-refractivity contribution in [1.29, 1.82) is 0 Å². The largest absolute Gasteiger partial charge is 0.377 e. The Bertz CT molecular complexity index is 1160. The lowest BCUT2D eigenvalue weighted by molar-refractivity contribution is 0.0945. The Kier molecular flexibility index (Phi) is 4.83. The highest BCUT2D eigenvalue weighted by atomic mass is 35.5. The molecule has 1 N–H and O–H groups in total. The standard InChI is InChI=1S/C21H16ClNO4S/c22-19-12-16(14-4-2-1-3-5-14)7-9-20(19)27-28(25,26)17-8-6-15-10-11-23-21(24)18(15)13-17/h1-9,12-13H,10-11H2,(H,23,24). The van der Waals surface area contributed by atoms with Crippen molar-refractivity contribution in [2.75, 3.05) is 6.54 Å². The van der Waals surface area contributed by atoms with Crippen molar-refractivity contribution in [3.8, 4) is 16.9 Å². The Morgan fingerprint density at radius 1 is 0.929 bits per heavy atom. The van der Waals surface area contributed by atoms with Gasteiger partial charge in [0.2, 0.25) is 0 Å². The fourth-order valence-electron chi connectivity index (χ4n) is 3.09. The lowest BCUT2D eigenvalue weighted by Crippen LogP contribution is -2.32. The summed E-state index contributed by atoms with van der Waals surface area (Å²) in [4.78, 5) is 11.9. The molecule has 0 aliphatic carbocycles. The molecule has 4 rings (SSSR count). The number of hydrogen-bond acceptors (Lipinski definition) is 4. The molecule has 142 valence electrons. The Hall–Kier alpha value is -2.83. The van der Waals surface area contributed by atoms with Crippen molar-refractivity contribution < 1.29 is 17.4 Å². The van der Waals surface area contributed by atoms with Crippen molar-refractivity contribution in [2.24, 2.45) is 0 Å². The first-order valence-corrected chi connectivity index (χ1v) is 10.4. The Labute approximate surface area is 168 Å². The second-order valence-corrected chi connectivity index (χ2v) is 8.33. The fourth-order valence-corrected chi connectivity index (χ4v) is 4.33. The molecule has 0 radical (unpaired) electrons. The van der Waals surface area contributed by atoms with Crippen molar-refractivity contribution >= 4 is 27.6 Å². The minimum absolute atomic E-state index is 0.0310. The van der Waals surface area contributed by atoms with E-state index in [1.54, 1.807) is 18.2 Å². The molecule has 0 fully saturated rings. The highest BCUT2D eigenvalue weighted by molar-refractivity contribution is 7.87. The maximum Gasteiger partial charge on any atom is 0.339 e. The Morgan fingerprint density at radius 3 is 2.46 bits per heavy atom. The van der Waals surface area contributed by atoms with Crippen LogP contribution in [0.1, 0.15) is 15.9 Å². The molecule has 0 saturated heterocycles. The maximum atomic E-state index is 12.7. The number of halogens is 1. The zero-order valence-electron chi connectivity index (χ0n) is 14.7. The van der Waals surface area contributed by atoms with E-state index in [0.29, 0.717) is 18.5 Å². The first-order chi connectivity index (χ1) is 13.4. The van der Waals surface area contributed by atoms with Gasteiger partial charge in [0.25, 0.3) is 5.91 Å². The number of nitrogens with one attached hydrogen (secondary N) is 1. The first kappa shape index (κ1) is 18.5. The zero-order valence-corrected chi connectivity index (χ0v) is 16.3. The molecule has 0 atom stereocenters. The molecule has 3 aromatic rings. The number of carbonyl (C=O) groups is 1. The quantitative estimate of drug-likeness (QED) is 0.654. The van der Waals surface area contributed by atoms with Gasteiger partial charge in [-0.05, 0) is 47.4 Å². The van der Waals surface area contributed by atoms with Gasteiger partial charge in [0.05, 0.1) is 5.02 Å². The number of carbonyl (C=O) groups excluding carboxylic acids is 1. The average Bonchev–Trinajstić information content (AvgIpc) is 2.70. The monoisotopic (exact) mass is 413 g/mol. The van der Waals surface area contributed by atoms with Crippen LogP contribution in [0.2, 0.25) is 5.02 Å². The molecule has 1 amide bonds. The Balaban J connectivity index is 1.63. The molecule has 0 saturated carbocycles. The van der Waals surface area contributed by atoms with E-state index >= 15 is 0 Å². The summed E-state index contributed by atoms with van der Waals surface area (Å²) in [5, 5.41) is 2.88. The van der Waals surface area contributed by atoms with E-state index in [9.17, 15) is 13.2 Å². The summed E-state index contributed by atoms with van der Waals surface area (Å²) in [6.45, 7) is 0.539. The van der Waals surface area contributed by atoms with Crippen LogP contribution in [0.3, 0.4) is 0 Å². The van der Waals surface area contributed by atoms with Crippen LogP contribution in [0.4, 0.5) is 0 Å². The third-order valence-electron chi connectivity index (χ3n) is 4.53. The van der Waals surface area contributed by atoms with Crippen LogP contribution in [0, 0.1) is 0 Å². The summed E-state index contributed by atoms with van der Waals surface area (Å²) in [5.41, 5.74) is 2.97.